The molecule has 0 unspecified atom stereocenters. The Morgan fingerprint density at radius 1 is 1.40 bits per heavy atom. The molecule has 5 heteroatoms. The second-order valence-electron chi connectivity index (χ2n) is 5.30. The molecule has 2 N–H and O–H groups in total. The molecule has 110 valence electrons. The molecule has 20 heavy (non-hydrogen) atoms. The molecule has 0 saturated carbocycles. The van der Waals surface area contributed by atoms with Gasteiger partial charge < -0.3 is 15.5 Å². The van der Waals surface area contributed by atoms with Crippen LogP contribution >= 0.6 is 0 Å². The number of likely N-dealkylation sites (tertiary alicyclic amines) is 1. The van der Waals surface area contributed by atoms with Gasteiger partial charge in [-0.05, 0) is 56.1 Å². The van der Waals surface area contributed by atoms with Gasteiger partial charge in [0.1, 0.15) is 5.82 Å². The van der Waals surface area contributed by atoms with Crippen LogP contribution in [0.4, 0.5) is 14.9 Å². The predicted molar refractivity (Wildman–Crippen MR) is 78.3 cm³/mol. The topological polar surface area (TPSA) is 44.4 Å². The number of carbonyl (C=O) groups is 1. The SMILES string of the molecule is CCCN1CC[C@H](CNC(=O)Nc2ccc(F)cc2)C1. The van der Waals surface area contributed by atoms with Crippen LogP contribution in [0.2, 0.25) is 0 Å². The Morgan fingerprint density at radius 3 is 2.85 bits per heavy atom. The fourth-order valence-corrected chi connectivity index (χ4v) is 2.54. The molecule has 0 aliphatic carbocycles. The van der Waals surface area contributed by atoms with E-state index in [2.05, 4.69) is 22.5 Å². The van der Waals surface area contributed by atoms with Crippen molar-refractivity contribution >= 4 is 11.7 Å². The van der Waals surface area contributed by atoms with Crippen LogP contribution in [-0.4, -0.2) is 37.1 Å². The van der Waals surface area contributed by atoms with Crippen molar-refractivity contribution in [1.82, 2.24) is 10.2 Å². The molecule has 0 spiro atoms. The Labute approximate surface area is 119 Å². The van der Waals surface area contributed by atoms with Crippen LogP contribution in [0, 0.1) is 11.7 Å². The average Bonchev–Trinajstić information content (AvgIpc) is 2.87. The predicted octanol–water partition coefficient (Wildman–Crippen LogP) is 2.68. The van der Waals surface area contributed by atoms with Gasteiger partial charge >= 0.3 is 6.03 Å². The van der Waals surface area contributed by atoms with E-state index >= 15 is 0 Å². The van der Waals surface area contributed by atoms with E-state index in [4.69, 9.17) is 0 Å². The summed E-state index contributed by atoms with van der Waals surface area (Å²) >= 11 is 0. The first-order chi connectivity index (χ1) is 9.67. The van der Waals surface area contributed by atoms with Crippen molar-refractivity contribution in [3.63, 3.8) is 0 Å². The summed E-state index contributed by atoms with van der Waals surface area (Å²) in [5, 5.41) is 5.58. The Balaban J connectivity index is 1.69. The van der Waals surface area contributed by atoms with Crippen molar-refractivity contribution < 1.29 is 9.18 Å². The highest BCUT2D eigenvalue weighted by atomic mass is 19.1. The van der Waals surface area contributed by atoms with Gasteiger partial charge in [-0.3, -0.25) is 0 Å². The number of rotatable bonds is 5. The van der Waals surface area contributed by atoms with E-state index in [0.717, 1.165) is 26.1 Å². The molecule has 1 aliphatic rings. The highest BCUT2D eigenvalue weighted by Gasteiger charge is 2.21. The van der Waals surface area contributed by atoms with Crippen LogP contribution in [0.5, 0.6) is 0 Å². The third-order valence-electron chi connectivity index (χ3n) is 3.56. The maximum Gasteiger partial charge on any atom is 0.319 e. The maximum absolute atomic E-state index is 12.7. The number of benzene rings is 1. The molecule has 1 atom stereocenters. The Bertz CT molecular complexity index is 435. The molecule has 1 heterocycles. The minimum Gasteiger partial charge on any atom is -0.338 e. The first-order valence-electron chi connectivity index (χ1n) is 7.20. The van der Waals surface area contributed by atoms with Crippen molar-refractivity contribution in [1.29, 1.82) is 0 Å². The van der Waals surface area contributed by atoms with Crippen molar-refractivity contribution in [3.05, 3.63) is 30.1 Å². The molecule has 1 aromatic carbocycles. The molecule has 2 rings (SSSR count). The largest absolute Gasteiger partial charge is 0.338 e. The second-order valence-corrected chi connectivity index (χ2v) is 5.30. The summed E-state index contributed by atoms with van der Waals surface area (Å²) in [4.78, 5) is 14.2. The van der Waals surface area contributed by atoms with Crippen LogP contribution in [0.25, 0.3) is 0 Å². The molecule has 0 bridgehead atoms. The van der Waals surface area contributed by atoms with Crippen LogP contribution in [-0.2, 0) is 0 Å². The minimum absolute atomic E-state index is 0.231. The van der Waals surface area contributed by atoms with Gasteiger partial charge in [-0.25, -0.2) is 9.18 Å². The van der Waals surface area contributed by atoms with Crippen LogP contribution < -0.4 is 10.6 Å². The van der Waals surface area contributed by atoms with Gasteiger partial charge in [0.25, 0.3) is 0 Å². The first kappa shape index (κ1) is 14.8. The van der Waals surface area contributed by atoms with E-state index in [1.807, 2.05) is 0 Å². The smallest absolute Gasteiger partial charge is 0.319 e. The lowest BCUT2D eigenvalue weighted by Gasteiger charge is -2.15. The summed E-state index contributed by atoms with van der Waals surface area (Å²) in [6.45, 7) is 6.19. The van der Waals surface area contributed by atoms with Gasteiger partial charge in [-0.2, -0.15) is 0 Å². The molecule has 1 fully saturated rings. The zero-order chi connectivity index (χ0) is 14.4. The van der Waals surface area contributed by atoms with Crippen LogP contribution in [0.1, 0.15) is 19.8 Å². The number of urea groups is 1. The highest BCUT2D eigenvalue weighted by Crippen LogP contribution is 2.15. The quantitative estimate of drug-likeness (QED) is 0.870. The number of amides is 2. The monoisotopic (exact) mass is 279 g/mol. The zero-order valence-electron chi connectivity index (χ0n) is 11.9. The molecule has 0 aromatic heterocycles. The highest BCUT2D eigenvalue weighted by molar-refractivity contribution is 5.89. The molecule has 0 radical (unpaired) electrons. The molecule has 1 aliphatic heterocycles. The number of carbonyl (C=O) groups excluding carboxylic acids is 1. The summed E-state index contributed by atoms with van der Waals surface area (Å²) in [7, 11) is 0. The van der Waals surface area contributed by atoms with Gasteiger partial charge in [0, 0.05) is 18.8 Å². The molecule has 1 aromatic rings. The number of hydrogen-bond acceptors (Lipinski definition) is 2. The van der Waals surface area contributed by atoms with E-state index in [1.165, 1.54) is 18.6 Å². The summed E-state index contributed by atoms with van der Waals surface area (Å²) in [6, 6.07) is 5.52. The van der Waals surface area contributed by atoms with Gasteiger partial charge in [-0.1, -0.05) is 6.92 Å². The maximum atomic E-state index is 12.7. The molecule has 4 nitrogen and oxygen atoms in total. The van der Waals surface area contributed by atoms with Crippen molar-refractivity contribution in [2.24, 2.45) is 5.92 Å². The normalized spacial score (nSPS) is 19.0. The molecular formula is C15H22FN3O. The van der Waals surface area contributed by atoms with Crippen LogP contribution in [0.15, 0.2) is 24.3 Å². The minimum atomic E-state index is -0.307. The lowest BCUT2D eigenvalue weighted by Crippen LogP contribution is -2.34. The average molecular weight is 279 g/mol. The Morgan fingerprint density at radius 2 is 2.15 bits per heavy atom. The lowest BCUT2D eigenvalue weighted by molar-refractivity contribution is 0.249. The fraction of sp³-hybridized carbons (Fsp3) is 0.533. The zero-order valence-corrected chi connectivity index (χ0v) is 11.9. The summed E-state index contributed by atoms with van der Waals surface area (Å²) in [5.74, 6) is 0.221. The number of anilines is 1. The second kappa shape index (κ2) is 7.24. The van der Waals surface area contributed by atoms with Gasteiger partial charge in [0.2, 0.25) is 0 Å². The Kier molecular flexibility index (Phi) is 5.35. The number of nitrogens with one attached hydrogen (secondary N) is 2. The van der Waals surface area contributed by atoms with E-state index in [-0.39, 0.29) is 11.8 Å². The number of halogens is 1. The van der Waals surface area contributed by atoms with Gasteiger partial charge in [-0.15, -0.1) is 0 Å². The van der Waals surface area contributed by atoms with Gasteiger partial charge in [0.05, 0.1) is 0 Å². The number of hydrogen-bond donors (Lipinski definition) is 2. The third kappa shape index (κ3) is 4.49. The fourth-order valence-electron chi connectivity index (χ4n) is 2.54. The van der Waals surface area contributed by atoms with Crippen molar-refractivity contribution in [3.8, 4) is 0 Å². The third-order valence-corrected chi connectivity index (χ3v) is 3.56. The summed E-state index contributed by atoms with van der Waals surface area (Å²) in [6.07, 6.45) is 2.31. The van der Waals surface area contributed by atoms with Gasteiger partial charge in [0.15, 0.2) is 0 Å². The van der Waals surface area contributed by atoms with E-state index < -0.39 is 0 Å². The first-order valence-corrected chi connectivity index (χ1v) is 7.20. The molecule has 2 amide bonds. The van der Waals surface area contributed by atoms with Crippen molar-refractivity contribution in [2.75, 3.05) is 31.5 Å². The van der Waals surface area contributed by atoms with Crippen molar-refractivity contribution in [2.45, 2.75) is 19.8 Å². The molecular weight excluding hydrogens is 257 g/mol. The van der Waals surface area contributed by atoms with E-state index in [0.29, 0.717) is 18.2 Å². The standard InChI is InChI=1S/C15H22FN3O/c1-2-8-19-9-7-12(11-19)10-17-15(20)18-14-5-3-13(16)4-6-14/h3-6,12H,2,7-11H2,1H3,(H2,17,18,20)/t12-/m1/s1. The number of nitrogens with zero attached hydrogens (tertiary/aromatic N) is 1. The van der Waals surface area contributed by atoms with E-state index in [1.54, 1.807) is 12.1 Å². The lowest BCUT2D eigenvalue weighted by atomic mass is 10.1. The van der Waals surface area contributed by atoms with Crippen LogP contribution in [0.3, 0.4) is 0 Å². The summed E-state index contributed by atoms with van der Waals surface area (Å²) in [5.41, 5.74) is 0.600. The van der Waals surface area contributed by atoms with E-state index in [9.17, 15) is 9.18 Å². The molecule has 1 saturated heterocycles. The summed E-state index contributed by atoms with van der Waals surface area (Å²) < 4.78 is 12.7. The Hall–Kier alpha value is -1.62.